The van der Waals surface area contributed by atoms with Crippen molar-refractivity contribution in [3.8, 4) is 0 Å². The van der Waals surface area contributed by atoms with Crippen LogP contribution in [-0.4, -0.2) is 44.7 Å². The second kappa shape index (κ2) is 6.69. The lowest BCUT2D eigenvalue weighted by atomic mass is 10.2. The van der Waals surface area contributed by atoms with Gasteiger partial charge in [0.05, 0.1) is 10.4 Å². The van der Waals surface area contributed by atoms with Gasteiger partial charge in [0.25, 0.3) is 5.69 Å². The second-order valence-electron chi connectivity index (χ2n) is 5.97. The van der Waals surface area contributed by atoms with Gasteiger partial charge in [-0.2, -0.15) is 0 Å². The molecule has 0 spiro atoms. The summed E-state index contributed by atoms with van der Waals surface area (Å²) >= 11 is 1.49. The summed E-state index contributed by atoms with van der Waals surface area (Å²) in [5.41, 5.74) is 1.62. The van der Waals surface area contributed by atoms with Crippen LogP contribution in [0.25, 0.3) is 20.4 Å². The predicted molar refractivity (Wildman–Crippen MR) is 106 cm³/mol. The first kappa shape index (κ1) is 17.0. The number of thiophene rings is 1. The molecule has 9 heteroatoms. The van der Waals surface area contributed by atoms with Crippen molar-refractivity contribution in [2.24, 2.45) is 4.99 Å². The van der Waals surface area contributed by atoms with E-state index in [0.29, 0.717) is 11.7 Å². The van der Waals surface area contributed by atoms with E-state index in [1.54, 1.807) is 18.3 Å². The van der Waals surface area contributed by atoms with Gasteiger partial charge in [-0.3, -0.25) is 10.1 Å². The fourth-order valence-corrected chi connectivity index (χ4v) is 3.76. The summed E-state index contributed by atoms with van der Waals surface area (Å²) in [5.74, 6) is 1.19. The van der Waals surface area contributed by atoms with Gasteiger partial charge in [0.2, 0.25) is 0 Å². The van der Waals surface area contributed by atoms with Crippen LogP contribution in [0.1, 0.15) is 5.56 Å². The Kier molecular flexibility index (Phi) is 4.21. The Hall–Kier alpha value is -3.46. The Labute approximate surface area is 158 Å². The molecule has 0 radical (unpaired) electrons. The van der Waals surface area contributed by atoms with E-state index in [0.717, 1.165) is 26.0 Å². The molecule has 3 heterocycles. The average Bonchev–Trinajstić information content (AvgIpc) is 3.05. The van der Waals surface area contributed by atoms with Crippen molar-refractivity contribution in [1.82, 2.24) is 19.9 Å². The number of nitrogens with zero attached hydrogens (tertiary/aromatic N) is 6. The van der Waals surface area contributed by atoms with Gasteiger partial charge in [-0.05, 0) is 24.3 Å². The fraction of sp³-hybridized carbons (Fsp3) is 0.111. The molecule has 0 aliphatic heterocycles. The quantitative estimate of drug-likeness (QED) is 0.233. The van der Waals surface area contributed by atoms with E-state index in [1.807, 2.05) is 31.1 Å². The van der Waals surface area contributed by atoms with Crippen molar-refractivity contribution in [2.45, 2.75) is 0 Å². The van der Waals surface area contributed by atoms with E-state index >= 15 is 0 Å². The summed E-state index contributed by atoms with van der Waals surface area (Å²) < 4.78 is 0.854. The Bertz CT molecular complexity index is 1180. The van der Waals surface area contributed by atoms with Gasteiger partial charge in [-0.25, -0.2) is 19.9 Å². The highest BCUT2D eigenvalue weighted by Gasteiger charge is 2.14. The van der Waals surface area contributed by atoms with E-state index in [4.69, 9.17) is 4.99 Å². The van der Waals surface area contributed by atoms with Gasteiger partial charge in [0.1, 0.15) is 21.7 Å². The van der Waals surface area contributed by atoms with Crippen LogP contribution >= 0.6 is 11.3 Å². The molecule has 0 saturated carbocycles. The zero-order valence-corrected chi connectivity index (χ0v) is 15.3. The third-order valence-electron chi connectivity index (χ3n) is 3.98. The second-order valence-corrected chi connectivity index (χ2v) is 6.97. The molecule has 4 aromatic rings. The van der Waals surface area contributed by atoms with Crippen LogP contribution in [0.15, 0.2) is 53.9 Å². The van der Waals surface area contributed by atoms with Crippen LogP contribution < -0.4 is 0 Å². The van der Waals surface area contributed by atoms with Gasteiger partial charge in [-0.15, -0.1) is 11.3 Å². The first-order valence-corrected chi connectivity index (χ1v) is 8.85. The molecule has 4 rings (SSSR count). The zero-order chi connectivity index (χ0) is 19.0. The van der Waals surface area contributed by atoms with Crippen molar-refractivity contribution in [3.63, 3.8) is 0 Å². The minimum atomic E-state index is -0.422. The van der Waals surface area contributed by atoms with E-state index in [-0.39, 0.29) is 5.69 Å². The Morgan fingerprint density at radius 3 is 2.63 bits per heavy atom. The monoisotopic (exact) mass is 378 g/mol. The smallest absolute Gasteiger partial charge is 0.269 e. The van der Waals surface area contributed by atoms with Crippen LogP contribution in [0.3, 0.4) is 0 Å². The molecule has 0 bridgehead atoms. The number of aromatic nitrogens is 3. The molecule has 1 aromatic carbocycles. The molecule has 134 valence electrons. The van der Waals surface area contributed by atoms with Crippen LogP contribution in [0, 0.1) is 10.1 Å². The van der Waals surface area contributed by atoms with Gasteiger partial charge >= 0.3 is 0 Å². The molecule has 0 N–H and O–H groups in total. The number of hydrogen-bond acceptors (Lipinski definition) is 7. The van der Waals surface area contributed by atoms with Crippen molar-refractivity contribution in [2.75, 3.05) is 14.1 Å². The molecule has 0 unspecified atom stereocenters. The molecule has 0 fully saturated rings. The van der Waals surface area contributed by atoms with Crippen LogP contribution in [-0.2, 0) is 0 Å². The number of benzene rings is 1. The van der Waals surface area contributed by atoms with Crippen molar-refractivity contribution >= 4 is 49.1 Å². The van der Waals surface area contributed by atoms with E-state index < -0.39 is 4.92 Å². The van der Waals surface area contributed by atoms with Crippen molar-refractivity contribution in [1.29, 1.82) is 0 Å². The summed E-state index contributed by atoms with van der Waals surface area (Å²) in [7, 11) is 3.73. The molecule has 27 heavy (non-hydrogen) atoms. The highest BCUT2D eigenvalue weighted by Crippen LogP contribution is 2.35. The molecule has 0 aliphatic carbocycles. The average molecular weight is 378 g/mol. The minimum absolute atomic E-state index is 0.0388. The van der Waals surface area contributed by atoms with Crippen LogP contribution in [0.2, 0.25) is 0 Å². The summed E-state index contributed by atoms with van der Waals surface area (Å²) in [4.78, 5) is 31.0. The first-order chi connectivity index (χ1) is 13.0. The number of hydrogen-bond donors (Lipinski definition) is 0. The standard InChI is InChI=1S/C18H14N6O2S/c1-23(2)17(11-5-7-12(8-6-11)24(25)26)22-16-15-14(20-10-21-16)13-4-3-9-19-18(13)27-15/h3-10H,1-2H3. The largest absolute Gasteiger partial charge is 0.362 e. The van der Waals surface area contributed by atoms with Crippen LogP contribution in [0.5, 0.6) is 0 Å². The highest BCUT2D eigenvalue weighted by molar-refractivity contribution is 7.25. The first-order valence-electron chi connectivity index (χ1n) is 8.03. The number of non-ortho nitro benzene ring substituents is 1. The van der Waals surface area contributed by atoms with E-state index in [9.17, 15) is 10.1 Å². The highest BCUT2D eigenvalue weighted by atomic mass is 32.1. The number of nitro groups is 1. The normalized spacial score (nSPS) is 11.9. The number of nitro benzene ring substituents is 1. The number of fused-ring (bicyclic) bond motifs is 3. The maximum Gasteiger partial charge on any atom is 0.269 e. The molecule has 3 aromatic heterocycles. The molecule has 0 atom stereocenters. The molecular formula is C18H14N6O2S. The van der Waals surface area contributed by atoms with Gasteiger partial charge in [0.15, 0.2) is 5.82 Å². The van der Waals surface area contributed by atoms with E-state index in [1.165, 1.54) is 29.8 Å². The third kappa shape index (κ3) is 3.08. The molecule has 0 amide bonds. The predicted octanol–water partition coefficient (Wildman–Crippen LogP) is 3.79. The summed E-state index contributed by atoms with van der Waals surface area (Å²) in [6.07, 6.45) is 3.24. The van der Waals surface area contributed by atoms with E-state index in [2.05, 4.69) is 15.0 Å². The number of amidine groups is 1. The summed E-state index contributed by atoms with van der Waals surface area (Å²) in [6.45, 7) is 0. The lowest BCUT2D eigenvalue weighted by molar-refractivity contribution is -0.384. The number of rotatable bonds is 3. The van der Waals surface area contributed by atoms with Gasteiger partial charge < -0.3 is 4.90 Å². The van der Waals surface area contributed by atoms with Crippen molar-refractivity contribution < 1.29 is 4.92 Å². The summed E-state index contributed by atoms with van der Waals surface area (Å²) in [5, 5.41) is 11.9. The van der Waals surface area contributed by atoms with Gasteiger partial charge in [0, 0.05) is 43.4 Å². The van der Waals surface area contributed by atoms with Gasteiger partial charge in [-0.1, -0.05) is 0 Å². The fourth-order valence-electron chi connectivity index (χ4n) is 2.73. The maximum atomic E-state index is 10.9. The summed E-state index contributed by atoms with van der Waals surface area (Å²) in [6, 6.07) is 10.1. The Morgan fingerprint density at radius 1 is 1.15 bits per heavy atom. The Morgan fingerprint density at radius 2 is 1.93 bits per heavy atom. The Balaban J connectivity index is 1.87. The number of aliphatic imine (C=N–C) groups is 1. The topological polar surface area (TPSA) is 97.4 Å². The molecule has 0 saturated heterocycles. The zero-order valence-electron chi connectivity index (χ0n) is 14.5. The molecule has 8 nitrogen and oxygen atoms in total. The lowest BCUT2D eigenvalue weighted by Crippen LogP contribution is -2.22. The minimum Gasteiger partial charge on any atom is -0.362 e. The van der Waals surface area contributed by atoms with Crippen molar-refractivity contribution in [3.05, 3.63) is 64.6 Å². The van der Waals surface area contributed by atoms with Crippen LogP contribution in [0.4, 0.5) is 11.5 Å². The molecular weight excluding hydrogens is 364 g/mol. The lowest BCUT2D eigenvalue weighted by Gasteiger charge is -2.15. The third-order valence-corrected chi connectivity index (χ3v) is 5.08. The molecule has 0 aliphatic rings. The SMILES string of the molecule is CN(C)C(=Nc1ncnc2c1sc1ncccc12)c1ccc([N+](=O)[O-])cc1. The maximum absolute atomic E-state index is 10.9. The number of pyridine rings is 1.